The molecule has 2 atom stereocenters. The minimum absolute atomic E-state index is 0.0272. The molecule has 1 fully saturated rings. The second-order valence-corrected chi connectivity index (χ2v) is 12.4. The normalized spacial score (nSPS) is 19.8. The van der Waals surface area contributed by atoms with E-state index in [9.17, 15) is 19.5 Å². The average Bonchev–Trinajstić information content (AvgIpc) is 3.43. The third-order valence-electron chi connectivity index (χ3n) is 5.45. The fourth-order valence-corrected chi connectivity index (χ4v) is 7.24. The van der Waals surface area contributed by atoms with E-state index in [1.54, 1.807) is 53.5 Å². The maximum absolute atomic E-state index is 13.4. The molecule has 12 heteroatoms. The van der Waals surface area contributed by atoms with E-state index >= 15 is 0 Å². The molecule has 1 aromatic heterocycles. The topological polar surface area (TPSA) is 113 Å². The van der Waals surface area contributed by atoms with Crippen LogP contribution in [0.5, 0.6) is 0 Å². The van der Waals surface area contributed by atoms with Crippen LogP contribution in [0.4, 0.5) is 11.4 Å². The van der Waals surface area contributed by atoms with Crippen molar-refractivity contribution in [1.29, 1.82) is 0 Å². The smallest absolute Gasteiger partial charge is 0.268 e. The second kappa shape index (κ2) is 11.2. The number of morpholine rings is 1. The Kier molecular flexibility index (Phi) is 8.20. The molecular formula is C23H23Cl2N3O5S2. The first-order valence-corrected chi connectivity index (χ1v) is 13.7. The van der Waals surface area contributed by atoms with Gasteiger partial charge in [-0.3, -0.25) is 14.4 Å². The van der Waals surface area contributed by atoms with Crippen molar-refractivity contribution < 1.29 is 24.2 Å². The summed E-state index contributed by atoms with van der Waals surface area (Å²) in [5.74, 6) is -0.871. The van der Waals surface area contributed by atoms with Gasteiger partial charge >= 0.3 is 0 Å². The van der Waals surface area contributed by atoms with Crippen molar-refractivity contribution in [3.05, 3.63) is 67.0 Å². The predicted octanol–water partition coefficient (Wildman–Crippen LogP) is 3.24. The van der Waals surface area contributed by atoms with Crippen LogP contribution in [0.2, 0.25) is 4.34 Å². The van der Waals surface area contributed by atoms with Gasteiger partial charge in [-0.1, -0.05) is 23.2 Å². The lowest BCUT2D eigenvalue weighted by Crippen LogP contribution is -2.41. The summed E-state index contributed by atoms with van der Waals surface area (Å²) in [5.41, 5.74) is 6.68. The Bertz CT molecular complexity index is 1200. The zero-order valence-corrected chi connectivity index (χ0v) is 21.6. The van der Waals surface area contributed by atoms with E-state index in [0.29, 0.717) is 43.0 Å². The van der Waals surface area contributed by atoms with Crippen LogP contribution in [0.3, 0.4) is 0 Å². The SMILES string of the molecule is NC(=O)C1=CC=C(Cl)[SH]1CC(O)CN(C(=O)c1ccc(Cl)s1)c1ccc(N2CCOCC2=O)cc1. The highest BCUT2D eigenvalue weighted by Gasteiger charge is 2.28. The van der Waals surface area contributed by atoms with Crippen LogP contribution >= 0.6 is 45.4 Å². The van der Waals surface area contributed by atoms with Gasteiger partial charge in [-0.15, -0.1) is 11.3 Å². The molecule has 186 valence electrons. The maximum atomic E-state index is 13.4. The maximum Gasteiger partial charge on any atom is 0.268 e. The third-order valence-corrected chi connectivity index (χ3v) is 9.81. The highest BCUT2D eigenvalue weighted by Crippen LogP contribution is 2.49. The van der Waals surface area contributed by atoms with Gasteiger partial charge in [0.15, 0.2) is 0 Å². The number of anilines is 2. The standard InChI is InChI=1S/C23H23Cl2N3O5S2/c24-19-7-5-17(34-19)23(32)28(11-16(29)13-35-18(22(26)31)6-8-20(35)25)15-3-1-14(2-4-15)27-9-10-33-12-21(27)30/h1-8,16,29,35H,9-13H2,(H2,26,31). The molecule has 1 aromatic carbocycles. The largest absolute Gasteiger partial charge is 0.390 e. The molecule has 0 aliphatic carbocycles. The van der Waals surface area contributed by atoms with Crippen LogP contribution < -0.4 is 15.5 Å². The van der Waals surface area contributed by atoms with Crippen molar-refractivity contribution in [2.75, 3.05) is 41.9 Å². The minimum atomic E-state index is -1.29. The van der Waals surface area contributed by atoms with Crippen molar-refractivity contribution >= 4 is 74.5 Å². The highest BCUT2D eigenvalue weighted by atomic mass is 35.5. The highest BCUT2D eigenvalue weighted by molar-refractivity contribution is 8.25. The van der Waals surface area contributed by atoms with Crippen LogP contribution in [-0.2, 0) is 14.3 Å². The number of carbonyl (C=O) groups is 3. The average molecular weight is 556 g/mol. The molecule has 1 saturated heterocycles. The number of amides is 3. The van der Waals surface area contributed by atoms with E-state index in [4.69, 9.17) is 33.7 Å². The number of carbonyl (C=O) groups excluding carboxylic acids is 3. The number of aliphatic hydroxyl groups excluding tert-OH is 1. The number of halogens is 2. The molecule has 4 rings (SSSR count). The summed E-state index contributed by atoms with van der Waals surface area (Å²) in [6.07, 6.45) is 2.21. The van der Waals surface area contributed by atoms with Crippen molar-refractivity contribution in [2.45, 2.75) is 6.10 Å². The summed E-state index contributed by atoms with van der Waals surface area (Å²) >= 11 is 13.4. The molecule has 0 spiro atoms. The van der Waals surface area contributed by atoms with Crippen molar-refractivity contribution in [3.63, 3.8) is 0 Å². The molecule has 3 N–H and O–H groups in total. The molecule has 8 nitrogen and oxygen atoms in total. The van der Waals surface area contributed by atoms with E-state index < -0.39 is 22.9 Å². The third kappa shape index (κ3) is 5.91. The molecule has 0 bridgehead atoms. The van der Waals surface area contributed by atoms with Gasteiger partial charge in [-0.25, -0.2) is 0 Å². The Labute approximate surface area is 218 Å². The van der Waals surface area contributed by atoms with Gasteiger partial charge < -0.3 is 25.4 Å². The molecule has 0 radical (unpaired) electrons. The van der Waals surface area contributed by atoms with Crippen LogP contribution in [-0.4, -0.2) is 61.0 Å². The van der Waals surface area contributed by atoms with Crippen molar-refractivity contribution in [1.82, 2.24) is 0 Å². The van der Waals surface area contributed by atoms with Crippen LogP contribution in [0.25, 0.3) is 0 Å². The Hall–Kier alpha value is -2.34. The van der Waals surface area contributed by atoms with Crippen LogP contribution in [0.15, 0.2) is 57.8 Å². The zero-order chi connectivity index (χ0) is 25.1. The van der Waals surface area contributed by atoms with E-state index in [1.165, 1.54) is 4.90 Å². The lowest BCUT2D eigenvalue weighted by molar-refractivity contribution is -0.125. The number of ether oxygens (including phenoxy) is 1. The monoisotopic (exact) mass is 555 g/mol. The van der Waals surface area contributed by atoms with E-state index in [0.717, 1.165) is 11.3 Å². The van der Waals surface area contributed by atoms with Gasteiger partial charge in [0.1, 0.15) is 6.61 Å². The molecule has 3 amide bonds. The number of primary amides is 1. The number of thiol groups is 1. The summed E-state index contributed by atoms with van der Waals surface area (Å²) in [6.45, 7) is 0.880. The Balaban J connectivity index is 1.56. The lowest BCUT2D eigenvalue weighted by Gasteiger charge is -2.29. The first kappa shape index (κ1) is 25.7. The molecule has 2 unspecified atom stereocenters. The Morgan fingerprint density at radius 3 is 2.57 bits per heavy atom. The predicted molar refractivity (Wildman–Crippen MR) is 142 cm³/mol. The number of nitrogens with two attached hydrogens (primary N) is 1. The molecule has 2 aliphatic heterocycles. The summed E-state index contributed by atoms with van der Waals surface area (Å²) in [5, 5.41) is 10.9. The summed E-state index contributed by atoms with van der Waals surface area (Å²) in [7, 11) is -1.29. The van der Waals surface area contributed by atoms with Gasteiger partial charge in [0.25, 0.3) is 17.7 Å². The number of rotatable bonds is 8. The van der Waals surface area contributed by atoms with Crippen molar-refractivity contribution in [2.24, 2.45) is 5.73 Å². The number of allylic oxidation sites excluding steroid dienone is 2. The first-order chi connectivity index (χ1) is 16.7. The number of nitrogens with zero attached hydrogens (tertiary/aromatic N) is 2. The summed E-state index contributed by atoms with van der Waals surface area (Å²) in [6, 6.07) is 10.2. The second-order valence-electron chi connectivity index (χ2n) is 7.80. The van der Waals surface area contributed by atoms with Crippen LogP contribution in [0, 0.1) is 0 Å². The summed E-state index contributed by atoms with van der Waals surface area (Å²) < 4.78 is 6.12. The molecule has 3 heterocycles. The van der Waals surface area contributed by atoms with Gasteiger partial charge in [0.05, 0.1) is 37.7 Å². The van der Waals surface area contributed by atoms with Crippen LogP contribution in [0.1, 0.15) is 9.67 Å². The Morgan fingerprint density at radius 1 is 1.20 bits per heavy atom. The first-order valence-electron chi connectivity index (χ1n) is 10.6. The number of hydrogen-bond acceptors (Lipinski definition) is 6. The van der Waals surface area contributed by atoms with Crippen molar-refractivity contribution in [3.8, 4) is 0 Å². The van der Waals surface area contributed by atoms with E-state index in [-0.39, 0.29) is 30.7 Å². The van der Waals surface area contributed by atoms with Gasteiger partial charge in [-0.2, -0.15) is 10.9 Å². The number of thiophene rings is 1. The van der Waals surface area contributed by atoms with Gasteiger partial charge in [0.2, 0.25) is 0 Å². The van der Waals surface area contributed by atoms with Gasteiger partial charge in [0, 0.05) is 23.7 Å². The number of aliphatic hydroxyl groups is 1. The molecular weight excluding hydrogens is 533 g/mol. The number of benzene rings is 1. The fraction of sp³-hybridized carbons (Fsp3) is 0.261. The Morgan fingerprint density at radius 2 is 1.94 bits per heavy atom. The van der Waals surface area contributed by atoms with E-state index in [2.05, 4.69) is 0 Å². The molecule has 35 heavy (non-hydrogen) atoms. The van der Waals surface area contributed by atoms with E-state index in [1.807, 2.05) is 0 Å². The lowest BCUT2D eigenvalue weighted by atomic mass is 10.2. The summed E-state index contributed by atoms with van der Waals surface area (Å²) in [4.78, 5) is 41.2. The van der Waals surface area contributed by atoms with Gasteiger partial charge in [-0.05, 0) is 48.6 Å². The minimum Gasteiger partial charge on any atom is -0.390 e. The molecule has 2 aromatic rings. The number of hydrogen-bond donors (Lipinski definition) is 3. The quantitative estimate of drug-likeness (QED) is 0.433. The zero-order valence-electron chi connectivity index (χ0n) is 18.4. The molecule has 0 saturated carbocycles. The molecule has 2 aliphatic rings. The fourth-order valence-electron chi connectivity index (χ4n) is 3.79.